The summed E-state index contributed by atoms with van der Waals surface area (Å²) in [4.78, 5) is 24.2. The number of unbranched alkanes of at least 4 members (excludes halogenated alkanes) is 2. The summed E-state index contributed by atoms with van der Waals surface area (Å²) in [5.41, 5.74) is -0.379. The van der Waals surface area contributed by atoms with Crippen molar-refractivity contribution < 1.29 is 22.8 Å². The monoisotopic (exact) mass is 330 g/mol. The first kappa shape index (κ1) is 19.0. The Balaban J connectivity index is 2.68. The van der Waals surface area contributed by atoms with Gasteiger partial charge in [-0.3, -0.25) is 9.59 Å². The Morgan fingerprint density at radius 2 is 1.83 bits per heavy atom. The molecule has 0 aromatic heterocycles. The van der Waals surface area contributed by atoms with E-state index < -0.39 is 23.4 Å². The summed E-state index contributed by atoms with van der Waals surface area (Å²) < 4.78 is 40.0. The Morgan fingerprint density at radius 3 is 2.43 bits per heavy atom. The molecule has 0 spiro atoms. The summed E-state index contributed by atoms with van der Waals surface area (Å²) in [6.45, 7) is 3.63. The number of hydrogen-bond donors (Lipinski definition) is 1. The third-order valence-corrected chi connectivity index (χ3v) is 3.35. The largest absolute Gasteiger partial charge is 0.356 e. The van der Waals surface area contributed by atoms with Gasteiger partial charge >= 0.3 is 0 Å². The molecule has 1 N–H and O–H groups in total. The first-order valence-electron chi connectivity index (χ1n) is 7.56. The second-order valence-electron chi connectivity index (χ2n) is 5.17. The standard InChI is InChI=1S/C16H21F3N2O2/c1-3-4-5-9-20-14(23)8-10-21(11(2)22)13-7-6-12(17)15(18)16(13)19/h6-7H,3-5,8-10H2,1-2H3,(H,20,23). The van der Waals surface area contributed by atoms with Crippen molar-refractivity contribution in [3.8, 4) is 0 Å². The van der Waals surface area contributed by atoms with E-state index in [0.29, 0.717) is 6.54 Å². The maximum atomic E-state index is 13.8. The average Bonchev–Trinajstić information content (AvgIpc) is 2.51. The van der Waals surface area contributed by atoms with Gasteiger partial charge in [0.05, 0.1) is 5.69 Å². The molecule has 1 aromatic rings. The van der Waals surface area contributed by atoms with Gasteiger partial charge in [-0.1, -0.05) is 19.8 Å². The highest BCUT2D eigenvalue weighted by Gasteiger charge is 2.21. The molecule has 0 aliphatic heterocycles. The van der Waals surface area contributed by atoms with Gasteiger partial charge in [0, 0.05) is 26.4 Å². The highest BCUT2D eigenvalue weighted by atomic mass is 19.2. The fraction of sp³-hybridized carbons (Fsp3) is 0.500. The normalized spacial score (nSPS) is 10.5. The van der Waals surface area contributed by atoms with Crippen LogP contribution in [0.1, 0.15) is 39.5 Å². The van der Waals surface area contributed by atoms with Crippen molar-refractivity contribution in [2.45, 2.75) is 39.5 Å². The minimum Gasteiger partial charge on any atom is -0.356 e. The number of carbonyl (C=O) groups excluding carboxylic acids is 2. The van der Waals surface area contributed by atoms with Crippen molar-refractivity contribution in [3.05, 3.63) is 29.6 Å². The number of benzene rings is 1. The van der Waals surface area contributed by atoms with Crippen molar-refractivity contribution in [2.24, 2.45) is 0 Å². The predicted molar refractivity (Wildman–Crippen MR) is 81.5 cm³/mol. The third-order valence-electron chi connectivity index (χ3n) is 3.35. The first-order chi connectivity index (χ1) is 10.9. The van der Waals surface area contributed by atoms with Crippen molar-refractivity contribution in [1.82, 2.24) is 5.32 Å². The lowest BCUT2D eigenvalue weighted by Gasteiger charge is -2.21. The number of rotatable bonds is 8. The Kier molecular flexibility index (Phi) is 7.57. The number of hydrogen-bond acceptors (Lipinski definition) is 2. The topological polar surface area (TPSA) is 49.4 Å². The zero-order chi connectivity index (χ0) is 17.4. The molecule has 7 heteroatoms. The lowest BCUT2D eigenvalue weighted by Crippen LogP contribution is -2.34. The van der Waals surface area contributed by atoms with Crippen molar-refractivity contribution >= 4 is 17.5 Å². The number of nitrogens with zero attached hydrogens (tertiary/aromatic N) is 1. The molecule has 0 saturated carbocycles. The van der Waals surface area contributed by atoms with Crippen LogP contribution in [0.4, 0.5) is 18.9 Å². The van der Waals surface area contributed by atoms with Crippen LogP contribution in [0.15, 0.2) is 12.1 Å². The van der Waals surface area contributed by atoms with E-state index in [-0.39, 0.29) is 24.6 Å². The minimum absolute atomic E-state index is 0.0514. The lowest BCUT2D eigenvalue weighted by atomic mass is 10.2. The van der Waals surface area contributed by atoms with Gasteiger partial charge in [0.25, 0.3) is 0 Å². The van der Waals surface area contributed by atoms with E-state index in [1.165, 1.54) is 6.92 Å². The van der Waals surface area contributed by atoms with E-state index in [0.717, 1.165) is 36.3 Å². The molecule has 0 unspecified atom stereocenters. The maximum absolute atomic E-state index is 13.8. The van der Waals surface area contributed by atoms with Crippen LogP contribution >= 0.6 is 0 Å². The maximum Gasteiger partial charge on any atom is 0.223 e. The molecule has 0 saturated heterocycles. The molecule has 0 heterocycles. The second kappa shape index (κ2) is 9.17. The zero-order valence-electron chi connectivity index (χ0n) is 13.3. The van der Waals surface area contributed by atoms with Gasteiger partial charge in [-0.15, -0.1) is 0 Å². The molecule has 0 fully saturated rings. The molecule has 0 aliphatic rings. The highest BCUT2D eigenvalue weighted by molar-refractivity contribution is 5.92. The molecule has 0 bridgehead atoms. The molecular weight excluding hydrogens is 309 g/mol. The zero-order valence-corrected chi connectivity index (χ0v) is 13.3. The smallest absolute Gasteiger partial charge is 0.223 e. The van der Waals surface area contributed by atoms with Crippen LogP contribution in [-0.2, 0) is 9.59 Å². The van der Waals surface area contributed by atoms with Gasteiger partial charge in [-0.05, 0) is 18.6 Å². The fourth-order valence-electron chi connectivity index (χ4n) is 2.08. The van der Waals surface area contributed by atoms with Gasteiger partial charge in [-0.2, -0.15) is 0 Å². The van der Waals surface area contributed by atoms with Crippen LogP contribution in [0.3, 0.4) is 0 Å². The van der Waals surface area contributed by atoms with E-state index in [9.17, 15) is 22.8 Å². The molecule has 128 valence electrons. The van der Waals surface area contributed by atoms with Crippen molar-refractivity contribution in [3.63, 3.8) is 0 Å². The SMILES string of the molecule is CCCCCNC(=O)CCN(C(C)=O)c1ccc(F)c(F)c1F. The van der Waals surface area contributed by atoms with Crippen LogP contribution in [0.25, 0.3) is 0 Å². The van der Waals surface area contributed by atoms with Crippen LogP contribution in [0.5, 0.6) is 0 Å². The molecule has 0 aliphatic carbocycles. The van der Waals surface area contributed by atoms with Gasteiger partial charge in [-0.25, -0.2) is 13.2 Å². The van der Waals surface area contributed by atoms with E-state index >= 15 is 0 Å². The number of nitrogens with one attached hydrogen (secondary N) is 1. The number of anilines is 1. The molecular formula is C16H21F3N2O2. The van der Waals surface area contributed by atoms with Crippen LogP contribution in [0.2, 0.25) is 0 Å². The van der Waals surface area contributed by atoms with Crippen molar-refractivity contribution in [1.29, 1.82) is 0 Å². The molecule has 23 heavy (non-hydrogen) atoms. The number of carbonyl (C=O) groups is 2. The molecule has 1 rings (SSSR count). The number of halogens is 3. The summed E-state index contributed by atoms with van der Waals surface area (Å²) >= 11 is 0. The summed E-state index contributed by atoms with van der Waals surface area (Å²) in [6.07, 6.45) is 2.84. The Labute approximate surface area is 133 Å². The first-order valence-corrected chi connectivity index (χ1v) is 7.56. The van der Waals surface area contributed by atoms with Gasteiger partial charge < -0.3 is 10.2 Å². The van der Waals surface area contributed by atoms with Crippen LogP contribution < -0.4 is 10.2 Å². The van der Waals surface area contributed by atoms with E-state index in [1.807, 2.05) is 6.92 Å². The van der Waals surface area contributed by atoms with Crippen LogP contribution in [-0.4, -0.2) is 24.9 Å². The Morgan fingerprint density at radius 1 is 1.13 bits per heavy atom. The molecule has 0 radical (unpaired) electrons. The lowest BCUT2D eigenvalue weighted by molar-refractivity contribution is -0.121. The summed E-state index contributed by atoms with van der Waals surface area (Å²) in [5, 5.41) is 2.69. The molecule has 0 atom stereocenters. The summed E-state index contributed by atoms with van der Waals surface area (Å²) in [6, 6.07) is 1.73. The number of amides is 2. The van der Waals surface area contributed by atoms with E-state index in [2.05, 4.69) is 5.32 Å². The predicted octanol–water partition coefficient (Wildman–Crippen LogP) is 3.15. The Hall–Kier alpha value is -2.05. The van der Waals surface area contributed by atoms with E-state index in [1.54, 1.807) is 0 Å². The Bertz CT molecular complexity index is 565. The summed E-state index contributed by atoms with van der Waals surface area (Å²) in [7, 11) is 0. The quantitative estimate of drug-likeness (QED) is 0.588. The third kappa shape index (κ3) is 5.58. The van der Waals surface area contributed by atoms with Crippen molar-refractivity contribution in [2.75, 3.05) is 18.0 Å². The van der Waals surface area contributed by atoms with Gasteiger partial charge in [0.2, 0.25) is 11.8 Å². The molecule has 1 aromatic carbocycles. The van der Waals surface area contributed by atoms with E-state index in [4.69, 9.17) is 0 Å². The summed E-state index contributed by atoms with van der Waals surface area (Å²) in [5.74, 6) is -5.26. The molecule has 2 amide bonds. The second-order valence-corrected chi connectivity index (χ2v) is 5.17. The van der Waals surface area contributed by atoms with Gasteiger partial charge in [0.15, 0.2) is 17.5 Å². The fourth-order valence-corrected chi connectivity index (χ4v) is 2.08. The highest BCUT2D eigenvalue weighted by Crippen LogP contribution is 2.24. The average molecular weight is 330 g/mol. The van der Waals surface area contributed by atoms with Gasteiger partial charge in [0.1, 0.15) is 0 Å². The molecule has 4 nitrogen and oxygen atoms in total. The minimum atomic E-state index is -1.64. The van der Waals surface area contributed by atoms with Crippen LogP contribution in [0, 0.1) is 17.5 Å².